The van der Waals surface area contributed by atoms with Gasteiger partial charge in [-0.25, -0.2) is 9.59 Å². The van der Waals surface area contributed by atoms with E-state index < -0.39 is 11.9 Å². The zero-order chi connectivity index (χ0) is 22.1. The van der Waals surface area contributed by atoms with Crippen LogP contribution in [-0.4, -0.2) is 25.2 Å². The summed E-state index contributed by atoms with van der Waals surface area (Å²) in [4.78, 5) is 25.5. The maximum atomic E-state index is 12.6. The Hall–Kier alpha value is -3.32. The average Bonchev–Trinajstić information content (AvgIpc) is 3.16. The number of rotatable bonds is 10. The number of thiophene rings is 1. The molecule has 1 heterocycles. The molecule has 0 saturated carbocycles. The van der Waals surface area contributed by atoms with E-state index in [0.29, 0.717) is 0 Å². The minimum absolute atomic E-state index is 0.170. The fourth-order valence-electron chi connectivity index (χ4n) is 2.78. The molecule has 6 nitrogen and oxygen atoms in total. The van der Waals surface area contributed by atoms with Gasteiger partial charge in [-0.2, -0.15) is 0 Å². The molecule has 0 bridgehead atoms. The van der Waals surface area contributed by atoms with E-state index in [4.69, 9.17) is 18.9 Å². The van der Waals surface area contributed by atoms with Gasteiger partial charge in [0.1, 0.15) is 13.2 Å². The molecule has 0 aliphatic rings. The molecule has 0 aliphatic heterocycles. The fourth-order valence-corrected chi connectivity index (χ4v) is 3.76. The molecule has 3 aromatic rings. The average molecular weight is 441 g/mol. The monoisotopic (exact) mass is 440 g/mol. The molecular formula is C24H24O6S. The molecule has 0 N–H and O–H groups in total. The summed E-state index contributed by atoms with van der Waals surface area (Å²) in [6, 6.07) is 19.0. The molecule has 0 aliphatic carbocycles. The van der Waals surface area contributed by atoms with Gasteiger partial charge in [-0.1, -0.05) is 60.7 Å². The molecule has 1 aromatic heterocycles. The van der Waals surface area contributed by atoms with E-state index in [2.05, 4.69) is 0 Å². The Bertz CT molecular complexity index is 918. The number of carbonyl (C=O) groups is 2. The zero-order valence-electron chi connectivity index (χ0n) is 17.5. The molecule has 0 unspecified atom stereocenters. The summed E-state index contributed by atoms with van der Waals surface area (Å²) in [5.74, 6) is -0.774. The molecule has 162 valence electrons. The lowest BCUT2D eigenvalue weighted by Crippen LogP contribution is -2.07. The third-order valence-electron chi connectivity index (χ3n) is 4.20. The van der Waals surface area contributed by atoms with Crippen molar-refractivity contribution in [2.75, 3.05) is 13.2 Å². The first-order valence-electron chi connectivity index (χ1n) is 9.98. The van der Waals surface area contributed by atoms with Gasteiger partial charge in [0.15, 0.2) is 21.3 Å². The largest absolute Gasteiger partial charge is 0.483 e. The highest BCUT2D eigenvalue weighted by molar-refractivity contribution is 7.16. The Labute approximate surface area is 185 Å². The predicted molar refractivity (Wildman–Crippen MR) is 118 cm³/mol. The second kappa shape index (κ2) is 11.2. The smallest absolute Gasteiger partial charge is 0.352 e. The van der Waals surface area contributed by atoms with Crippen molar-refractivity contribution in [1.29, 1.82) is 0 Å². The molecule has 0 saturated heterocycles. The van der Waals surface area contributed by atoms with E-state index in [-0.39, 0.29) is 47.7 Å². The van der Waals surface area contributed by atoms with E-state index >= 15 is 0 Å². The Morgan fingerprint density at radius 3 is 1.42 bits per heavy atom. The van der Waals surface area contributed by atoms with Crippen LogP contribution in [0.2, 0.25) is 0 Å². The van der Waals surface area contributed by atoms with Crippen LogP contribution in [0.5, 0.6) is 11.5 Å². The van der Waals surface area contributed by atoms with E-state index in [1.807, 2.05) is 60.7 Å². The van der Waals surface area contributed by atoms with Crippen molar-refractivity contribution in [1.82, 2.24) is 0 Å². The SMILES string of the molecule is CCOC(=O)c1sc(C(=O)OCC)c(OCc2ccccc2)c1OCc1ccccc1. The number of hydrogen-bond acceptors (Lipinski definition) is 7. The van der Waals surface area contributed by atoms with Crippen LogP contribution in [0.25, 0.3) is 0 Å². The molecule has 0 atom stereocenters. The number of hydrogen-bond donors (Lipinski definition) is 0. The van der Waals surface area contributed by atoms with E-state index in [0.717, 1.165) is 22.5 Å². The number of benzene rings is 2. The number of carbonyl (C=O) groups excluding carboxylic acids is 2. The summed E-state index contributed by atoms with van der Waals surface area (Å²) in [7, 11) is 0. The highest BCUT2D eigenvalue weighted by Crippen LogP contribution is 2.44. The van der Waals surface area contributed by atoms with Crippen LogP contribution in [0, 0.1) is 0 Å². The fraction of sp³-hybridized carbons (Fsp3) is 0.250. The normalized spacial score (nSPS) is 10.4. The number of esters is 2. The van der Waals surface area contributed by atoms with Crippen LogP contribution >= 0.6 is 11.3 Å². The minimum Gasteiger partial charge on any atom is -0.483 e. The second-order valence-corrected chi connectivity index (χ2v) is 7.43. The Balaban J connectivity index is 1.98. The lowest BCUT2D eigenvalue weighted by atomic mass is 10.2. The topological polar surface area (TPSA) is 71.1 Å². The summed E-state index contributed by atoms with van der Waals surface area (Å²) in [6.45, 7) is 4.24. The van der Waals surface area contributed by atoms with Gasteiger partial charge in [-0.05, 0) is 25.0 Å². The van der Waals surface area contributed by atoms with Crippen molar-refractivity contribution < 1.29 is 28.5 Å². The quantitative estimate of drug-likeness (QED) is 0.401. The molecule has 0 spiro atoms. The first-order valence-corrected chi connectivity index (χ1v) is 10.8. The van der Waals surface area contributed by atoms with Crippen LogP contribution < -0.4 is 9.47 Å². The van der Waals surface area contributed by atoms with Crippen molar-refractivity contribution in [3.8, 4) is 11.5 Å². The second-order valence-electron chi connectivity index (χ2n) is 6.41. The predicted octanol–water partition coefficient (Wildman–Crippen LogP) is 5.26. The Kier molecular flexibility index (Phi) is 8.06. The third kappa shape index (κ3) is 5.86. The van der Waals surface area contributed by atoms with E-state index in [1.165, 1.54) is 0 Å². The van der Waals surface area contributed by atoms with Crippen LogP contribution in [0.1, 0.15) is 44.3 Å². The van der Waals surface area contributed by atoms with Gasteiger partial charge in [0.2, 0.25) is 0 Å². The van der Waals surface area contributed by atoms with Crippen molar-refractivity contribution in [3.63, 3.8) is 0 Å². The van der Waals surface area contributed by atoms with E-state index in [1.54, 1.807) is 13.8 Å². The van der Waals surface area contributed by atoms with Crippen molar-refractivity contribution in [2.24, 2.45) is 0 Å². The molecule has 0 fully saturated rings. The van der Waals surface area contributed by atoms with Gasteiger partial charge in [0.25, 0.3) is 0 Å². The van der Waals surface area contributed by atoms with Crippen LogP contribution in [-0.2, 0) is 22.7 Å². The summed E-state index contributed by atoms with van der Waals surface area (Å²) in [5.41, 5.74) is 1.82. The highest BCUT2D eigenvalue weighted by atomic mass is 32.1. The van der Waals surface area contributed by atoms with Gasteiger partial charge in [0.05, 0.1) is 13.2 Å². The summed E-state index contributed by atoms with van der Waals surface area (Å²) < 4.78 is 22.3. The highest BCUT2D eigenvalue weighted by Gasteiger charge is 2.31. The molecule has 2 aromatic carbocycles. The molecule has 3 rings (SSSR count). The van der Waals surface area contributed by atoms with Gasteiger partial charge in [0, 0.05) is 0 Å². The molecule has 7 heteroatoms. The summed E-state index contributed by atoms with van der Waals surface area (Å²) in [6.07, 6.45) is 0. The zero-order valence-corrected chi connectivity index (χ0v) is 18.3. The first kappa shape index (κ1) is 22.4. The lowest BCUT2D eigenvalue weighted by Gasteiger charge is -2.12. The third-order valence-corrected chi connectivity index (χ3v) is 5.31. The maximum Gasteiger partial charge on any atom is 0.352 e. The van der Waals surface area contributed by atoms with E-state index in [9.17, 15) is 9.59 Å². The number of ether oxygens (including phenoxy) is 4. The molecule has 0 amide bonds. The van der Waals surface area contributed by atoms with Gasteiger partial charge in [-0.15, -0.1) is 11.3 Å². The van der Waals surface area contributed by atoms with Crippen LogP contribution in [0.4, 0.5) is 0 Å². The molecule has 0 radical (unpaired) electrons. The van der Waals surface area contributed by atoms with Gasteiger partial charge >= 0.3 is 11.9 Å². The summed E-state index contributed by atoms with van der Waals surface area (Å²) in [5, 5.41) is 0. The lowest BCUT2D eigenvalue weighted by molar-refractivity contribution is 0.0515. The van der Waals surface area contributed by atoms with Crippen molar-refractivity contribution in [2.45, 2.75) is 27.1 Å². The minimum atomic E-state index is -0.573. The molecule has 31 heavy (non-hydrogen) atoms. The van der Waals surface area contributed by atoms with Crippen LogP contribution in [0.15, 0.2) is 60.7 Å². The van der Waals surface area contributed by atoms with Crippen molar-refractivity contribution in [3.05, 3.63) is 81.5 Å². The van der Waals surface area contributed by atoms with Crippen LogP contribution in [0.3, 0.4) is 0 Å². The Morgan fingerprint density at radius 1 is 0.677 bits per heavy atom. The van der Waals surface area contributed by atoms with Gasteiger partial charge < -0.3 is 18.9 Å². The first-order chi connectivity index (χ1) is 15.1. The standard InChI is InChI=1S/C24H24O6S/c1-3-27-23(25)21-19(29-15-17-11-7-5-8-12-17)20(22(31-21)24(26)28-4-2)30-16-18-13-9-6-10-14-18/h5-14H,3-4,15-16H2,1-2H3. The van der Waals surface area contributed by atoms with Crippen molar-refractivity contribution >= 4 is 23.3 Å². The molecular weight excluding hydrogens is 416 g/mol. The maximum absolute atomic E-state index is 12.6. The van der Waals surface area contributed by atoms with Gasteiger partial charge in [-0.3, -0.25) is 0 Å². The summed E-state index contributed by atoms with van der Waals surface area (Å²) >= 11 is 0.953. The Morgan fingerprint density at radius 2 is 1.06 bits per heavy atom.